The van der Waals surface area contributed by atoms with Gasteiger partial charge in [0.25, 0.3) is 5.91 Å². The number of ether oxygens (including phenoxy) is 1. The molecule has 0 saturated heterocycles. The zero-order valence-electron chi connectivity index (χ0n) is 12.4. The molecule has 5 nitrogen and oxygen atoms in total. The largest absolute Gasteiger partial charge is 0.474 e. The fraction of sp³-hybridized carbons (Fsp3) is 0.353. The second kappa shape index (κ2) is 6.56. The van der Waals surface area contributed by atoms with Crippen LogP contribution in [-0.4, -0.2) is 22.0 Å². The van der Waals surface area contributed by atoms with Crippen LogP contribution in [0.1, 0.15) is 42.6 Å². The Bertz CT molecular complexity index is 652. The fourth-order valence-electron chi connectivity index (χ4n) is 2.68. The molecule has 2 N–H and O–H groups in total. The normalized spacial score (nSPS) is 15.5. The minimum absolute atomic E-state index is 0.160. The van der Waals surface area contributed by atoms with Gasteiger partial charge in [-0.25, -0.2) is 4.98 Å². The summed E-state index contributed by atoms with van der Waals surface area (Å²) in [5.74, 6) is 0.310. The molecule has 0 bridgehead atoms. The molecular weight excluding hydrogens is 278 g/mol. The Hall–Kier alpha value is -2.43. The van der Waals surface area contributed by atoms with E-state index in [9.17, 15) is 4.79 Å². The molecule has 3 rings (SSSR count). The van der Waals surface area contributed by atoms with Crippen LogP contribution in [0.4, 0.5) is 0 Å². The maximum atomic E-state index is 11.5. The first kappa shape index (κ1) is 14.5. The fourth-order valence-corrected chi connectivity index (χ4v) is 2.68. The Morgan fingerprint density at radius 3 is 2.50 bits per heavy atom. The molecule has 1 aromatic heterocycles. The van der Waals surface area contributed by atoms with Crippen LogP contribution in [0.2, 0.25) is 0 Å². The number of rotatable bonds is 4. The number of nitrogens with two attached hydrogens (primary N) is 1. The predicted molar refractivity (Wildman–Crippen MR) is 83.5 cm³/mol. The van der Waals surface area contributed by atoms with Gasteiger partial charge in [0, 0.05) is 11.6 Å². The smallest absolute Gasteiger partial charge is 0.267 e. The minimum atomic E-state index is -0.576. The van der Waals surface area contributed by atoms with Crippen molar-refractivity contribution in [3.05, 3.63) is 42.1 Å². The molecule has 22 heavy (non-hydrogen) atoms. The van der Waals surface area contributed by atoms with Crippen LogP contribution in [-0.2, 0) is 0 Å². The van der Waals surface area contributed by atoms with E-state index in [0.29, 0.717) is 11.7 Å². The summed E-state index contributed by atoms with van der Waals surface area (Å²) in [6, 6.07) is 11.0. The zero-order chi connectivity index (χ0) is 15.4. The minimum Gasteiger partial charge on any atom is -0.474 e. The molecule has 2 aromatic rings. The van der Waals surface area contributed by atoms with E-state index in [2.05, 4.69) is 9.97 Å². The van der Waals surface area contributed by atoms with Crippen LogP contribution >= 0.6 is 0 Å². The van der Waals surface area contributed by atoms with Gasteiger partial charge in [-0.05, 0) is 25.7 Å². The quantitative estimate of drug-likeness (QED) is 0.941. The van der Waals surface area contributed by atoms with Crippen LogP contribution in [0.5, 0.6) is 5.88 Å². The first-order chi connectivity index (χ1) is 10.7. The third-order valence-electron chi connectivity index (χ3n) is 3.83. The van der Waals surface area contributed by atoms with Crippen molar-refractivity contribution >= 4 is 5.91 Å². The van der Waals surface area contributed by atoms with E-state index in [1.54, 1.807) is 0 Å². The molecular formula is C17H19N3O2. The second-order valence-electron chi connectivity index (χ2n) is 5.52. The van der Waals surface area contributed by atoms with Crippen molar-refractivity contribution in [3.8, 4) is 17.3 Å². The zero-order valence-corrected chi connectivity index (χ0v) is 12.4. The van der Waals surface area contributed by atoms with Crippen LogP contribution in [0, 0.1) is 0 Å². The van der Waals surface area contributed by atoms with Gasteiger partial charge in [0.05, 0.1) is 0 Å². The number of benzene rings is 1. The number of hydrogen-bond donors (Lipinski definition) is 1. The average Bonchev–Trinajstić information content (AvgIpc) is 2.56. The highest BCUT2D eigenvalue weighted by Gasteiger charge is 2.18. The average molecular weight is 297 g/mol. The molecule has 1 aliphatic carbocycles. The summed E-state index contributed by atoms with van der Waals surface area (Å²) in [4.78, 5) is 20.2. The van der Waals surface area contributed by atoms with Gasteiger partial charge >= 0.3 is 0 Å². The Morgan fingerprint density at radius 1 is 1.09 bits per heavy atom. The van der Waals surface area contributed by atoms with E-state index in [0.717, 1.165) is 18.4 Å². The summed E-state index contributed by atoms with van der Waals surface area (Å²) in [7, 11) is 0. The summed E-state index contributed by atoms with van der Waals surface area (Å²) in [5, 5.41) is 0. The number of hydrogen-bond acceptors (Lipinski definition) is 4. The van der Waals surface area contributed by atoms with Crippen LogP contribution < -0.4 is 10.5 Å². The number of carbonyl (C=O) groups excluding carboxylic acids is 1. The first-order valence-corrected chi connectivity index (χ1v) is 7.63. The maximum Gasteiger partial charge on any atom is 0.267 e. The summed E-state index contributed by atoms with van der Waals surface area (Å²) in [6.07, 6.45) is 5.81. The van der Waals surface area contributed by atoms with E-state index in [-0.39, 0.29) is 11.8 Å². The molecule has 0 atom stereocenters. The Morgan fingerprint density at radius 2 is 1.82 bits per heavy atom. The first-order valence-electron chi connectivity index (χ1n) is 7.63. The lowest BCUT2D eigenvalue weighted by atomic mass is 9.98. The third-order valence-corrected chi connectivity index (χ3v) is 3.83. The van der Waals surface area contributed by atoms with Crippen molar-refractivity contribution in [2.45, 2.75) is 38.2 Å². The van der Waals surface area contributed by atoms with Crippen molar-refractivity contribution in [1.82, 2.24) is 9.97 Å². The lowest BCUT2D eigenvalue weighted by Crippen LogP contribution is -2.21. The molecule has 0 unspecified atom stereocenters. The molecule has 1 fully saturated rings. The molecule has 1 saturated carbocycles. The number of nitrogens with zero attached hydrogens (tertiary/aromatic N) is 2. The number of aromatic nitrogens is 2. The van der Waals surface area contributed by atoms with Gasteiger partial charge in [-0.1, -0.05) is 36.8 Å². The van der Waals surface area contributed by atoms with Crippen molar-refractivity contribution in [1.29, 1.82) is 0 Å². The summed E-state index contributed by atoms with van der Waals surface area (Å²) >= 11 is 0. The molecule has 1 aliphatic rings. The van der Waals surface area contributed by atoms with E-state index >= 15 is 0 Å². The topological polar surface area (TPSA) is 78.1 Å². The predicted octanol–water partition coefficient (Wildman–Crippen LogP) is 2.95. The van der Waals surface area contributed by atoms with E-state index in [1.807, 2.05) is 30.3 Å². The van der Waals surface area contributed by atoms with Crippen LogP contribution in [0.3, 0.4) is 0 Å². The van der Waals surface area contributed by atoms with Crippen molar-refractivity contribution < 1.29 is 9.53 Å². The van der Waals surface area contributed by atoms with Crippen LogP contribution in [0.15, 0.2) is 36.4 Å². The lowest BCUT2D eigenvalue weighted by Gasteiger charge is -2.22. The van der Waals surface area contributed by atoms with Crippen molar-refractivity contribution in [2.75, 3.05) is 0 Å². The lowest BCUT2D eigenvalue weighted by molar-refractivity contribution is 0.0993. The number of primary amides is 1. The van der Waals surface area contributed by atoms with Gasteiger partial charge in [-0.3, -0.25) is 4.79 Å². The Balaban J connectivity index is 1.91. The van der Waals surface area contributed by atoms with E-state index in [1.165, 1.54) is 25.3 Å². The number of amides is 1. The molecule has 114 valence electrons. The molecule has 0 aliphatic heterocycles. The Kier molecular flexibility index (Phi) is 4.32. The highest BCUT2D eigenvalue weighted by atomic mass is 16.5. The summed E-state index contributed by atoms with van der Waals surface area (Å²) in [6.45, 7) is 0. The van der Waals surface area contributed by atoms with Gasteiger partial charge in [0.2, 0.25) is 5.88 Å². The third kappa shape index (κ3) is 3.42. The standard InChI is InChI=1S/C17H19N3O2/c18-16(21)14-11-15(22-13-9-5-2-6-10-13)20-17(19-14)12-7-3-1-4-8-12/h1,3-4,7-8,11,13H,2,5-6,9-10H2,(H2,18,21). The molecule has 0 spiro atoms. The highest BCUT2D eigenvalue weighted by Crippen LogP contribution is 2.24. The maximum absolute atomic E-state index is 11.5. The van der Waals surface area contributed by atoms with E-state index in [4.69, 9.17) is 10.5 Å². The van der Waals surface area contributed by atoms with Gasteiger partial charge in [-0.2, -0.15) is 4.98 Å². The van der Waals surface area contributed by atoms with Crippen molar-refractivity contribution in [2.24, 2.45) is 5.73 Å². The molecule has 1 amide bonds. The summed E-state index contributed by atoms with van der Waals surface area (Å²) in [5.41, 5.74) is 6.39. The second-order valence-corrected chi connectivity index (χ2v) is 5.52. The van der Waals surface area contributed by atoms with Gasteiger partial charge in [0.15, 0.2) is 5.82 Å². The Labute approximate surface area is 129 Å². The molecule has 0 radical (unpaired) electrons. The highest BCUT2D eigenvalue weighted by molar-refractivity contribution is 5.91. The van der Waals surface area contributed by atoms with Crippen molar-refractivity contribution in [3.63, 3.8) is 0 Å². The van der Waals surface area contributed by atoms with Gasteiger partial charge in [-0.15, -0.1) is 0 Å². The van der Waals surface area contributed by atoms with Gasteiger partial charge < -0.3 is 10.5 Å². The SMILES string of the molecule is NC(=O)c1cc(OC2CCCCC2)nc(-c2ccccc2)n1. The monoisotopic (exact) mass is 297 g/mol. The molecule has 1 heterocycles. The summed E-state index contributed by atoms with van der Waals surface area (Å²) < 4.78 is 5.95. The van der Waals surface area contributed by atoms with E-state index < -0.39 is 5.91 Å². The molecule has 5 heteroatoms. The number of carbonyl (C=O) groups is 1. The molecule has 1 aromatic carbocycles. The van der Waals surface area contributed by atoms with Crippen LogP contribution in [0.25, 0.3) is 11.4 Å². The van der Waals surface area contributed by atoms with Gasteiger partial charge in [0.1, 0.15) is 11.8 Å².